The standard InChI is InChI=1S/C50H99NO9/c1-3-5-7-9-11-13-15-17-18-19-20-21-22-23-24-25-26-27-29-31-33-35-37-39-43(54)51-44(47(57)50-49(59)48(58)46(56)42(40-52)60-50)45(55)41(53)38-36-34-32-30-28-16-14-12-10-8-6-4-2/h41-42,44-50,52-53,55-59H,3-40H2,1-2H3,(H,51,54)/t41-,42-,44+,45-,46-,47?,48+,49-,50-/m1/s1. The van der Waals surface area contributed by atoms with Crippen LogP contribution in [-0.4, -0.2) is 103 Å². The molecule has 1 saturated heterocycles. The van der Waals surface area contributed by atoms with Crippen molar-refractivity contribution in [2.75, 3.05) is 6.61 Å². The van der Waals surface area contributed by atoms with Crippen molar-refractivity contribution in [3.8, 4) is 0 Å². The minimum absolute atomic E-state index is 0.179. The molecule has 0 bridgehead atoms. The van der Waals surface area contributed by atoms with Gasteiger partial charge >= 0.3 is 0 Å². The number of aliphatic hydroxyl groups is 7. The van der Waals surface area contributed by atoms with E-state index >= 15 is 0 Å². The Hall–Kier alpha value is -0.850. The minimum Gasteiger partial charge on any atom is -0.394 e. The molecule has 0 aromatic carbocycles. The lowest BCUT2D eigenvalue weighted by atomic mass is 9.86. The summed E-state index contributed by atoms with van der Waals surface area (Å²) >= 11 is 0. The van der Waals surface area contributed by atoms with Crippen LogP contribution in [0.5, 0.6) is 0 Å². The molecule has 60 heavy (non-hydrogen) atoms. The third-order valence-electron chi connectivity index (χ3n) is 13.1. The minimum atomic E-state index is -1.75. The molecule has 0 spiro atoms. The molecule has 0 saturated carbocycles. The molecule has 1 aliphatic heterocycles. The van der Waals surface area contributed by atoms with Crippen LogP contribution in [0.2, 0.25) is 0 Å². The Kier molecular flexibility index (Phi) is 37.8. The fourth-order valence-corrected chi connectivity index (χ4v) is 8.92. The van der Waals surface area contributed by atoms with E-state index in [9.17, 15) is 40.5 Å². The molecule has 10 nitrogen and oxygen atoms in total. The molecule has 1 aliphatic rings. The summed E-state index contributed by atoms with van der Waals surface area (Å²) in [5, 5.41) is 77.3. The van der Waals surface area contributed by atoms with E-state index in [0.717, 1.165) is 38.5 Å². The molecule has 0 aliphatic carbocycles. The number of amides is 1. The van der Waals surface area contributed by atoms with Crippen molar-refractivity contribution in [3.05, 3.63) is 0 Å². The van der Waals surface area contributed by atoms with Gasteiger partial charge in [-0.05, 0) is 12.8 Å². The summed E-state index contributed by atoms with van der Waals surface area (Å²) in [5.74, 6) is -0.399. The number of aliphatic hydroxyl groups excluding tert-OH is 7. The third-order valence-corrected chi connectivity index (χ3v) is 13.1. The van der Waals surface area contributed by atoms with Gasteiger partial charge in [0.1, 0.15) is 42.7 Å². The molecule has 1 unspecified atom stereocenters. The molecule has 1 heterocycles. The summed E-state index contributed by atoms with van der Waals surface area (Å²) in [4.78, 5) is 13.1. The van der Waals surface area contributed by atoms with E-state index in [1.54, 1.807) is 0 Å². The number of carbonyl (C=O) groups is 1. The van der Waals surface area contributed by atoms with Crippen LogP contribution < -0.4 is 5.32 Å². The lowest BCUT2D eigenvalue weighted by Crippen LogP contribution is -2.66. The Morgan fingerprint density at radius 1 is 0.483 bits per heavy atom. The molecular formula is C50H99NO9. The van der Waals surface area contributed by atoms with Crippen molar-refractivity contribution in [1.82, 2.24) is 5.32 Å². The number of hydrogen-bond acceptors (Lipinski definition) is 9. The Balaban J connectivity index is 2.32. The van der Waals surface area contributed by atoms with E-state index in [-0.39, 0.29) is 12.8 Å². The van der Waals surface area contributed by atoms with Crippen LogP contribution in [0, 0.1) is 0 Å². The number of nitrogens with one attached hydrogen (secondary N) is 1. The smallest absolute Gasteiger partial charge is 0.220 e. The first kappa shape index (κ1) is 57.2. The molecule has 9 atom stereocenters. The van der Waals surface area contributed by atoms with Crippen LogP contribution >= 0.6 is 0 Å². The predicted octanol–water partition coefficient (Wildman–Crippen LogP) is 9.87. The van der Waals surface area contributed by atoms with Gasteiger partial charge < -0.3 is 45.8 Å². The second kappa shape index (κ2) is 39.7. The van der Waals surface area contributed by atoms with Crippen molar-refractivity contribution in [1.29, 1.82) is 0 Å². The average Bonchev–Trinajstić information content (AvgIpc) is 3.24. The van der Waals surface area contributed by atoms with Crippen LogP contribution in [0.3, 0.4) is 0 Å². The third kappa shape index (κ3) is 28.0. The van der Waals surface area contributed by atoms with Crippen molar-refractivity contribution in [2.45, 2.75) is 306 Å². The maximum absolute atomic E-state index is 13.1. The largest absolute Gasteiger partial charge is 0.394 e. The Morgan fingerprint density at radius 2 is 0.817 bits per heavy atom. The molecular weight excluding hydrogens is 759 g/mol. The van der Waals surface area contributed by atoms with Gasteiger partial charge in [-0.25, -0.2) is 0 Å². The zero-order valence-electron chi connectivity index (χ0n) is 39.0. The van der Waals surface area contributed by atoms with Crippen molar-refractivity contribution in [2.24, 2.45) is 0 Å². The highest BCUT2D eigenvalue weighted by Crippen LogP contribution is 2.27. The van der Waals surface area contributed by atoms with Crippen molar-refractivity contribution in [3.63, 3.8) is 0 Å². The normalized spacial score (nSPS) is 21.5. The number of carbonyl (C=O) groups excluding carboxylic acids is 1. The predicted molar refractivity (Wildman–Crippen MR) is 246 cm³/mol. The SMILES string of the molecule is CCCCCCCCCCCCCCCCCCCCCCCCCC(=O)N[C@H](C(O)[C@H]1O[C@H](CO)[C@@H](O)[C@H](O)[C@H]1O)[C@H](O)[C@H](O)CCCCCCCCCCCCCC. The van der Waals surface area contributed by atoms with Crippen molar-refractivity contribution < 1.29 is 45.3 Å². The highest BCUT2D eigenvalue weighted by molar-refractivity contribution is 5.76. The first-order valence-electron chi connectivity index (χ1n) is 25.8. The Bertz CT molecular complexity index is 941. The molecule has 1 rings (SSSR count). The number of unbranched alkanes of at least 4 members (excludes halogenated alkanes) is 33. The van der Waals surface area contributed by atoms with Gasteiger partial charge in [-0.15, -0.1) is 0 Å². The van der Waals surface area contributed by atoms with E-state index in [4.69, 9.17) is 4.74 Å². The fraction of sp³-hybridized carbons (Fsp3) is 0.980. The molecule has 1 amide bonds. The van der Waals surface area contributed by atoms with Crippen LogP contribution in [0.25, 0.3) is 0 Å². The average molecular weight is 858 g/mol. The maximum Gasteiger partial charge on any atom is 0.220 e. The zero-order chi connectivity index (χ0) is 44.1. The summed E-state index contributed by atoms with van der Waals surface area (Å²) in [5.41, 5.74) is 0. The van der Waals surface area contributed by atoms with Gasteiger partial charge in [0.2, 0.25) is 5.91 Å². The van der Waals surface area contributed by atoms with Gasteiger partial charge in [-0.2, -0.15) is 0 Å². The van der Waals surface area contributed by atoms with Gasteiger partial charge in [0.15, 0.2) is 0 Å². The molecule has 8 N–H and O–H groups in total. The van der Waals surface area contributed by atoms with Crippen LogP contribution in [0.4, 0.5) is 0 Å². The van der Waals surface area contributed by atoms with E-state index in [2.05, 4.69) is 19.2 Å². The van der Waals surface area contributed by atoms with Crippen molar-refractivity contribution >= 4 is 5.91 Å². The summed E-state index contributed by atoms with van der Waals surface area (Å²) < 4.78 is 5.57. The lowest BCUT2D eigenvalue weighted by molar-refractivity contribution is -0.254. The van der Waals surface area contributed by atoms with Gasteiger partial charge in [-0.1, -0.05) is 232 Å². The second-order valence-electron chi connectivity index (χ2n) is 18.6. The highest BCUT2D eigenvalue weighted by atomic mass is 16.6. The zero-order valence-corrected chi connectivity index (χ0v) is 39.0. The number of hydrogen-bond donors (Lipinski definition) is 8. The van der Waals surface area contributed by atoms with Gasteiger partial charge in [0, 0.05) is 6.42 Å². The number of rotatable bonds is 43. The molecule has 1 fully saturated rings. The van der Waals surface area contributed by atoms with Crippen LogP contribution in [0.15, 0.2) is 0 Å². The summed E-state index contributed by atoms with van der Waals surface area (Å²) in [6, 6.07) is -1.41. The molecule has 358 valence electrons. The highest BCUT2D eigenvalue weighted by Gasteiger charge is 2.49. The van der Waals surface area contributed by atoms with Crippen LogP contribution in [0.1, 0.15) is 251 Å². The first-order valence-corrected chi connectivity index (χ1v) is 25.8. The summed E-state index contributed by atoms with van der Waals surface area (Å²) in [7, 11) is 0. The summed E-state index contributed by atoms with van der Waals surface area (Å²) in [6.07, 6.45) is 31.7. The second-order valence-corrected chi connectivity index (χ2v) is 18.6. The Morgan fingerprint density at radius 3 is 1.17 bits per heavy atom. The molecule has 0 aromatic rings. The monoisotopic (exact) mass is 858 g/mol. The van der Waals surface area contributed by atoms with E-state index in [0.29, 0.717) is 12.8 Å². The number of ether oxygens (including phenoxy) is 1. The van der Waals surface area contributed by atoms with Gasteiger partial charge in [-0.3, -0.25) is 4.79 Å². The fourth-order valence-electron chi connectivity index (χ4n) is 8.92. The molecule has 0 aromatic heterocycles. The van der Waals surface area contributed by atoms with E-state index in [1.165, 1.54) is 173 Å². The lowest BCUT2D eigenvalue weighted by Gasteiger charge is -2.44. The summed E-state index contributed by atoms with van der Waals surface area (Å²) in [6.45, 7) is 3.84. The molecule has 10 heteroatoms. The van der Waals surface area contributed by atoms with E-state index in [1.807, 2.05) is 0 Å². The topological polar surface area (TPSA) is 180 Å². The van der Waals surface area contributed by atoms with Gasteiger partial charge in [0.05, 0.1) is 18.8 Å². The quantitative estimate of drug-likeness (QED) is 0.0277. The van der Waals surface area contributed by atoms with E-state index < -0.39 is 67.4 Å². The molecule has 0 radical (unpaired) electrons. The van der Waals surface area contributed by atoms with Gasteiger partial charge in [0.25, 0.3) is 0 Å². The maximum atomic E-state index is 13.1. The van der Waals surface area contributed by atoms with Crippen LogP contribution in [-0.2, 0) is 9.53 Å². The first-order chi connectivity index (χ1) is 29.2. The Labute approximate surface area is 368 Å².